The third kappa shape index (κ3) is 72.4. The van der Waals surface area contributed by atoms with Crippen LogP contribution in [0.15, 0.2) is 73.2 Å². The van der Waals surface area contributed by atoms with Gasteiger partial charge in [0, 0.05) is 35.7 Å². The van der Waals surface area contributed by atoms with Crippen LogP contribution in [-0.4, -0.2) is 31.4 Å². The molecule has 0 bridgehead atoms. The molecule has 0 aromatic carbocycles. The van der Waals surface area contributed by atoms with Gasteiger partial charge in [0.25, 0.3) is 0 Å². The zero-order valence-electron chi connectivity index (χ0n) is 18.8. The largest absolute Gasteiger partial charge is 0.693 e. The fourth-order valence-electron chi connectivity index (χ4n) is 1.34. The van der Waals surface area contributed by atoms with E-state index in [9.17, 15) is 0 Å². The van der Waals surface area contributed by atoms with Crippen molar-refractivity contribution in [3.05, 3.63) is 109 Å². The van der Waals surface area contributed by atoms with Gasteiger partial charge in [-0.25, -0.2) is 0 Å². The SMILES string of the molecule is C.C.Cc1ccccn1.Cc1ccccn1.Cc1ccccn1.O.O.O.[Cl-].[Cl][Pt+].[Cl][Pt+].[Cl][Pt][Cl].[NH2-].[NH2-].[NH2-]. The van der Waals surface area contributed by atoms with Crippen molar-refractivity contribution < 1.29 is 82.9 Å². The van der Waals surface area contributed by atoms with Gasteiger partial charge in [0.15, 0.2) is 0 Å². The predicted octanol–water partition coefficient (Wildman–Crippen LogP) is 4.87. The fraction of sp³-hybridized carbons (Fsp3) is 0.250. The molecular weight excluding hydrogens is 1130 g/mol. The summed E-state index contributed by atoms with van der Waals surface area (Å²) in [5.74, 6) is 0. The van der Waals surface area contributed by atoms with Gasteiger partial charge in [-0.3, -0.25) is 15.0 Å². The predicted molar refractivity (Wildman–Crippen MR) is 150 cm³/mol. The summed E-state index contributed by atoms with van der Waals surface area (Å²) >= 11 is 2.75. The van der Waals surface area contributed by atoms with Gasteiger partial charge >= 0.3 is 91.7 Å². The number of hydrogen-bond donors (Lipinski definition) is 0. The van der Waals surface area contributed by atoms with Gasteiger partial charge in [0.05, 0.1) is 0 Å². The van der Waals surface area contributed by atoms with Crippen molar-refractivity contribution in [2.75, 3.05) is 0 Å². The molecule has 236 valence electrons. The van der Waals surface area contributed by atoms with Gasteiger partial charge in [-0.1, -0.05) is 33.1 Å². The van der Waals surface area contributed by atoms with Crippen LogP contribution in [0.1, 0.15) is 31.9 Å². The summed E-state index contributed by atoms with van der Waals surface area (Å²) in [5, 5.41) is 0. The maximum absolute atomic E-state index is 4.88. The molecule has 0 amide bonds. The van der Waals surface area contributed by atoms with Crippen molar-refractivity contribution in [2.45, 2.75) is 35.6 Å². The van der Waals surface area contributed by atoms with E-state index in [2.05, 4.69) is 33.8 Å². The number of halogens is 5. The summed E-state index contributed by atoms with van der Waals surface area (Å²) in [5.41, 5.74) is 3.22. The Balaban J connectivity index is -0.0000000204. The molecule has 0 spiro atoms. The van der Waals surface area contributed by atoms with Crippen molar-refractivity contribution in [3.8, 4) is 0 Å². The van der Waals surface area contributed by atoms with Crippen LogP contribution in [0.2, 0.25) is 0 Å². The van der Waals surface area contributed by atoms with E-state index in [1.165, 1.54) is 0 Å². The zero-order valence-corrected chi connectivity index (χ0v) is 29.4. The van der Waals surface area contributed by atoms with Crippen LogP contribution in [0.4, 0.5) is 0 Å². The van der Waals surface area contributed by atoms with Crippen LogP contribution in [0.25, 0.3) is 18.5 Å². The number of pyridine rings is 3. The molecule has 3 aromatic rings. The minimum Gasteiger partial charge on any atom is -0.693 e. The van der Waals surface area contributed by atoms with Gasteiger partial charge < -0.3 is 47.3 Å². The maximum Gasteiger partial charge on any atom is -0.693 e. The van der Waals surface area contributed by atoms with Crippen molar-refractivity contribution in [1.29, 1.82) is 0 Å². The normalized spacial score (nSPS) is 5.92. The molecule has 37 heavy (non-hydrogen) atoms. The molecule has 0 aliphatic carbocycles. The van der Waals surface area contributed by atoms with E-state index in [1.54, 1.807) is 56.1 Å². The summed E-state index contributed by atoms with van der Waals surface area (Å²) in [4.78, 5) is 11.9. The van der Waals surface area contributed by atoms with Crippen LogP contribution in [0, 0.1) is 20.8 Å². The Morgan fingerprint density at radius 2 is 0.703 bits per heavy atom. The van der Waals surface area contributed by atoms with Gasteiger partial charge in [-0.05, 0) is 57.2 Å². The quantitative estimate of drug-likeness (QED) is 0.307. The fourth-order valence-corrected chi connectivity index (χ4v) is 1.34. The van der Waals surface area contributed by atoms with E-state index >= 15 is 0 Å². The molecule has 0 atom stereocenters. The number of rotatable bonds is 0. The van der Waals surface area contributed by atoms with Crippen LogP contribution in [0.5, 0.6) is 0 Å². The van der Waals surface area contributed by atoms with Crippen LogP contribution >= 0.6 is 37.7 Å². The molecule has 3 heterocycles. The minimum atomic E-state index is -0.472. The van der Waals surface area contributed by atoms with Gasteiger partial charge in [-0.2, -0.15) is 0 Å². The summed E-state index contributed by atoms with van der Waals surface area (Å²) in [6, 6.07) is 17.6. The molecule has 12 N–H and O–H groups in total. The number of hydrogen-bond acceptors (Lipinski definition) is 3. The second-order valence-electron chi connectivity index (χ2n) is 4.46. The number of aryl methyl sites for hydroxylation is 3. The molecule has 9 nitrogen and oxygen atoms in total. The Morgan fingerprint density at radius 3 is 0.757 bits per heavy atom. The summed E-state index contributed by atoms with van der Waals surface area (Å²) in [6.07, 6.45) is 5.36. The first kappa shape index (κ1) is 76.9. The number of aromatic nitrogens is 3. The van der Waals surface area contributed by atoms with Gasteiger partial charge in [-0.15, -0.1) is 0 Å². The first-order valence-corrected chi connectivity index (χ1v) is 18.6. The van der Waals surface area contributed by atoms with Gasteiger partial charge in [0.1, 0.15) is 0 Å². The average molecular weight is 1180 g/mol. The molecule has 3 rings (SSSR count). The molecule has 0 unspecified atom stereocenters. The second kappa shape index (κ2) is 70.8. The molecule has 0 aliphatic heterocycles. The van der Waals surface area contributed by atoms with Crippen molar-refractivity contribution in [3.63, 3.8) is 0 Å². The second-order valence-corrected chi connectivity index (χ2v) is 7.74. The minimum absolute atomic E-state index is 0. The number of nitrogens with two attached hydrogens (primary N) is 3. The Morgan fingerprint density at radius 1 is 0.541 bits per heavy atom. The van der Waals surface area contributed by atoms with Crippen LogP contribution < -0.4 is 12.4 Å². The van der Waals surface area contributed by atoms with Gasteiger partial charge in [0.2, 0.25) is 0 Å². The Hall–Kier alpha value is 0.725. The average Bonchev–Trinajstić information content (AvgIpc) is 2.74. The maximum atomic E-state index is 4.88. The van der Waals surface area contributed by atoms with E-state index in [1.807, 2.05) is 75.4 Å². The Kier molecular flexibility index (Phi) is 147. The molecular formula is C20H41Cl5N6O3Pt3-2. The standard InChI is InChI=1S/3C6H7N.2CH4.5ClH.3H2N.3H2O.3Pt/c3*1-6-4-2-3-5-7-6;;;;;;;;;;;;;;;;/h3*2-5H,1H3;2*1H4;5*1H;6*1H2;;;/q;;;;;;;;;;3*-1;;;;3*+2/p-5. The monoisotopic (exact) mass is 1170 g/mol. The molecule has 17 heteroatoms. The third-order valence-electron chi connectivity index (χ3n) is 2.44. The third-order valence-corrected chi connectivity index (χ3v) is 2.44. The Bertz CT molecular complexity index is 563. The summed E-state index contributed by atoms with van der Waals surface area (Å²) < 4.78 is 0. The molecule has 0 fully saturated rings. The van der Waals surface area contributed by atoms with E-state index in [-0.39, 0.29) is 62.1 Å². The molecule has 0 aliphatic rings. The molecule has 3 aromatic heterocycles. The van der Waals surface area contributed by atoms with Crippen molar-refractivity contribution in [1.82, 2.24) is 15.0 Å². The number of nitrogens with zero attached hydrogens (tertiary/aromatic N) is 3. The van der Waals surface area contributed by atoms with Crippen LogP contribution in [-0.2, 0) is 54.0 Å². The zero-order chi connectivity index (χ0) is 22.0. The summed E-state index contributed by atoms with van der Waals surface area (Å²) in [6.45, 7) is 5.92. The molecule has 0 saturated carbocycles. The van der Waals surface area contributed by atoms with E-state index in [0.717, 1.165) is 17.1 Å². The first-order chi connectivity index (χ1) is 13.6. The van der Waals surface area contributed by atoms with E-state index in [4.69, 9.17) is 18.8 Å². The van der Waals surface area contributed by atoms with Crippen molar-refractivity contribution >= 4 is 37.7 Å². The van der Waals surface area contributed by atoms with Crippen LogP contribution in [0.3, 0.4) is 0 Å². The molecule has 0 radical (unpaired) electrons. The van der Waals surface area contributed by atoms with E-state index < -0.39 is 16.5 Å². The molecule has 0 saturated heterocycles. The summed E-state index contributed by atoms with van der Waals surface area (Å²) in [7, 11) is 19.0. The van der Waals surface area contributed by atoms with Crippen molar-refractivity contribution in [2.24, 2.45) is 0 Å². The van der Waals surface area contributed by atoms with E-state index in [0.29, 0.717) is 0 Å². The smallest absolute Gasteiger partial charge is 0.693 e. The first-order valence-electron chi connectivity index (χ1n) is 7.29. The topological polar surface area (TPSA) is 234 Å². The Labute approximate surface area is 277 Å².